The summed E-state index contributed by atoms with van der Waals surface area (Å²) in [4.78, 5) is 41.3. The molecule has 8 nitrogen and oxygen atoms in total. The molecule has 0 bridgehead atoms. The van der Waals surface area contributed by atoms with Gasteiger partial charge in [-0.3, -0.25) is 4.79 Å². The van der Waals surface area contributed by atoms with Crippen LogP contribution in [0, 0.1) is 5.41 Å². The minimum absolute atomic E-state index is 0.102. The number of nitrogens with one attached hydrogen (secondary N) is 1. The van der Waals surface area contributed by atoms with Gasteiger partial charge in [-0.05, 0) is 63.3 Å². The largest absolute Gasteiger partial charge is 0.465 e. The van der Waals surface area contributed by atoms with Crippen molar-refractivity contribution in [1.82, 2.24) is 9.88 Å². The van der Waals surface area contributed by atoms with Gasteiger partial charge in [0.05, 0.1) is 5.41 Å². The maximum atomic E-state index is 12.7. The quantitative estimate of drug-likeness (QED) is 0.597. The predicted molar refractivity (Wildman–Crippen MR) is 103 cm³/mol. The van der Waals surface area contributed by atoms with Crippen LogP contribution in [0.25, 0.3) is 6.08 Å². The second-order valence-electron chi connectivity index (χ2n) is 8.32. The lowest BCUT2D eigenvalue weighted by atomic mass is 9.71. The molecule has 1 aromatic heterocycles. The van der Waals surface area contributed by atoms with Crippen molar-refractivity contribution in [2.75, 3.05) is 18.4 Å². The third kappa shape index (κ3) is 4.32. The molecule has 0 aliphatic carbocycles. The fourth-order valence-corrected chi connectivity index (χ4v) is 3.58. The number of carbonyl (C=O) groups is 3. The van der Waals surface area contributed by atoms with E-state index in [1.54, 1.807) is 33.0 Å². The Morgan fingerprint density at radius 2 is 2.00 bits per heavy atom. The number of anilines is 1. The molecule has 2 N–H and O–H groups in total. The first-order chi connectivity index (χ1) is 13.1. The number of rotatable bonds is 2. The van der Waals surface area contributed by atoms with Gasteiger partial charge in [-0.25, -0.2) is 14.6 Å². The Labute approximate surface area is 163 Å². The van der Waals surface area contributed by atoms with Gasteiger partial charge in [0.15, 0.2) is 0 Å². The molecule has 3 rings (SSSR count). The van der Waals surface area contributed by atoms with Gasteiger partial charge >= 0.3 is 12.1 Å². The van der Waals surface area contributed by atoms with Crippen LogP contribution in [0.15, 0.2) is 18.3 Å². The Morgan fingerprint density at radius 3 is 2.61 bits per heavy atom. The summed E-state index contributed by atoms with van der Waals surface area (Å²) in [6.07, 6.45) is 5.08. The number of likely N-dealkylation sites (tertiary alicyclic amines) is 1. The summed E-state index contributed by atoms with van der Waals surface area (Å²) in [6.45, 7) is 6.08. The third-order valence-electron chi connectivity index (χ3n) is 5.04. The number of ether oxygens (including phenoxy) is 1. The third-order valence-corrected chi connectivity index (χ3v) is 5.04. The molecule has 1 fully saturated rings. The number of fused-ring (bicyclic) bond motifs is 1. The molecule has 0 radical (unpaired) electrons. The van der Waals surface area contributed by atoms with Gasteiger partial charge in [0.25, 0.3) is 0 Å². The molecule has 8 heteroatoms. The molecule has 2 amide bonds. The van der Waals surface area contributed by atoms with Crippen molar-refractivity contribution >= 4 is 29.9 Å². The normalized spacial score (nSPS) is 18.7. The van der Waals surface area contributed by atoms with Gasteiger partial charge in [-0.1, -0.05) is 0 Å². The van der Waals surface area contributed by atoms with Crippen LogP contribution < -0.4 is 5.32 Å². The van der Waals surface area contributed by atoms with Gasteiger partial charge in [0.1, 0.15) is 11.4 Å². The maximum absolute atomic E-state index is 12.7. The summed E-state index contributed by atoms with van der Waals surface area (Å²) in [7, 11) is 0. The van der Waals surface area contributed by atoms with Crippen LogP contribution in [0.3, 0.4) is 0 Å². The van der Waals surface area contributed by atoms with E-state index in [-0.39, 0.29) is 5.91 Å². The minimum atomic E-state index is -0.956. The summed E-state index contributed by atoms with van der Waals surface area (Å²) in [5, 5.41) is 12.0. The smallest absolute Gasteiger partial charge is 0.407 e. The van der Waals surface area contributed by atoms with Crippen LogP contribution >= 0.6 is 0 Å². The second-order valence-corrected chi connectivity index (χ2v) is 8.32. The Morgan fingerprint density at radius 1 is 1.32 bits per heavy atom. The number of carbonyl (C=O) groups excluding carboxylic acids is 2. The molecule has 28 heavy (non-hydrogen) atoms. The van der Waals surface area contributed by atoms with Crippen molar-refractivity contribution in [3.8, 4) is 0 Å². The van der Waals surface area contributed by atoms with Crippen LogP contribution in [0.5, 0.6) is 0 Å². The highest BCUT2D eigenvalue weighted by atomic mass is 16.6. The predicted octanol–water partition coefficient (Wildman–Crippen LogP) is 2.69. The second kappa shape index (κ2) is 7.26. The first-order valence-electron chi connectivity index (χ1n) is 9.27. The molecular formula is C20H25N3O5. The monoisotopic (exact) mass is 387 g/mol. The number of aromatic nitrogens is 1. The average molecular weight is 387 g/mol. The summed E-state index contributed by atoms with van der Waals surface area (Å²) >= 11 is 0. The van der Waals surface area contributed by atoms with Crippen molar-refractivity contribution in [2.45, 2.75) is 45.6 Å². The lowest BCUT2D eigenvalue weighted by molar-refractivity contribution is -0.148. The van der Waals surface area contributed by atoms with Gasteiger partial charge < -0.3 is 20.1 Å². The lowest BCUT2D eigenvalue weighted by Gasteiger charge is -2.42. The average Bonchev–Trinajstić information content (AvgIpc) is 2.60. The Hall–Kier alpha value is -2.90. The highest BCUT2D eigenvalue weighted by molar-refractivity contribution is 5.98. The zero-order chi connectivity index (χ0) is 20.5. The summed E-state index contributed by atoms with van der Waals surface area (Å²) in [6, 6.07) is 1.90. The maximum Gasteiger partial charge on any atom is 0.407 e. The number of hydrogen-bond donors (Lipinski definition) is 2. The summed E-state index contributed by atoms with van der Waals surface area (Å²) in [5.41, 5.74) is 0.444. The zero-order valence-electron chi connectivity index (χ0n) is 16.3. The first kappa shape index (κ1) is 19.9. The molecule has 1 spiro atoms. The Bertz CT molecular complexity index is 833. The van der Waals surface area contributed by atoms with E-state index in [2.05, 4.69) is 10.3 Å². The van der Waals surface area contributed by atoms with E-state index in [0.717, 1.165) is 11.1 Å². The van der Waals surface area contributed by atoms with E-state index in [0.29, 0.717) is 38.2 Å². The van der Waals surface area contributed by atoms with E-state index in [4.69, 9.17) is 9.84 Å². The molecule has 0 atom stereocenters. The molecule has 0 unspecified atom stereocenters. The number of pyridine rings is 1. The summed E-state index contributed by atoms with van der Waals surface area (Å²) in [5.74, 6) is -0.0173. The molecular weight excluding hydrogens is 362 g/mol. The number of nitrogens with zero attached hydrogens (tertiary/aromatic N) is 2. The molecule has 1 saturated heterocycles. The molecule has 0 aromatic carbocycles. The van der Waals surface area contributed by atoms with E-state index in [1.807, 2.05) is 6.07 Å². The van der Waals surface area contributed by atoms with Crippen LogP contribution in [0.2, 0.25) is 0 Å². The number of esters is 1. The number of amides is 2. The molecule has 1 aromatic rings. The van der Waals surface area contributed by atoms with Crippen LogP contribution in [-0.2, 0) is 20.7 Å². The SMILES string of the molecule is CC(C)(C)OC(=O)C=Cc1cnc2c(c1)CC1(CCN(C(=O)O)CC1)C(=O)N2. The molecule has 2 aliphatic heterocycles. The highest BCUT2D eigenvalue weighted by Gasteiger charge is 2.45. The highest BCUT2D eigenvalue weighted by Crippen LogP contribution is 2.41. The minimum Gasteiger partial charge on any atom is -0.465 e. The van der Waals surface area contributed by atoms with Gasteiger partial charge in [0, 0.05) is 25.4 Å². The van der Waals surface area contributed by atoms with E-state index >= 15 is 0 Å². The van der Waals surface area contributed by atoms with Crippen molar-refractivity contribution in [3.63, 3.8) is 0 Å². The van der Waals surface area contributed by atoms with Crippen molar-refractivity contribution in [3.05, 3.63) is 29.5 Å². The fraction of sp³-hybridized carbons (Fsp3) is 0.500. The molecule has 150 valence electrons. The van der Waals surface area contributed by atoms with Crippen LogP contribution in [-0.4, -0.2) is 51.7 Å². The summed E-state index contributed by atoms with van der Waals surface area (Å²) < 4.78 is 5.25. The number of carboxylic acid groups (broad SMARTS) is 1. The van der Waals surface area contributed by atoms with E-state index in [9.17, 15) is 14.4 Å². The molecule has 0 saturated carbocycles. The van der Waals surface area contributed by atoms with Gasteiger partial charge in [-0.15, -0.1) is 0 Å². The first-order valence-corrected chi connectivity index (χ1v) is 9.27. The van der Waals surface area contributed by atoms with Crippen molar-refractivity contribution < 1.29 is 24.2 Å². The van der Waals surface area contributed by atoms with Gasteiger partial charge in [-0.2, -0.15) is 0 Å². The Kier molecular flexibility index (Phi) is 5.14. The lowest BCUT2D eigenvalue weighted by Crippen LogP contribution is -2.51. The Balaban J connectivity index is 1.75. The van der Waals surface area contributed by atoms with Crippen LogP contribution in [0.1, 0.15) is 44.7 Å². The van der Waals surface area contributed by atoms with Crippen molar-refractivity contribution in [2.24, 2.45) is 5.41 Å². The van der Waals surface area contributed by atoms with E-state index < -0.39 is 23.1 Å². The molecule has 2 aliphatic rings. The van der Waals surface area contributed by atoms with Crippen LogP contribution in [0.4, 0.5) is 10.6 Å². The fourth-order valence-electron chi connectivity index (χ4n) is 3.58. The van der Waals surface area contributed by atoms with Crippen molar-refractivity contribution in [1.29, 1.82) is 0 Å². The standard InChI is InChI=1S/C20H25N3O5/c1-19(2,3)28-15(24)5-4-13-10-14-11-20(17(25)22-16(14)21-12-13)6-8-23(9-7-20)18(26)27/h4-5,10,12H,6-9,11H2,1-3H3,(H,26,27)(H,21,22,25). The number of hydrogen-bond acceptors (Lipinski definition) is 5. The number of piperidine rings is 1. The topological polar surface area (TPSA) is 109 Å². The van der Waals surface area contributed by atoms with Gasteiger partial charge in [0.2, 0.25) is 5.91 Å². The van der Waals surface area contributed by atoms with E-state index in [1.165, 1.54) is 11.0 Å². The molecule has 3 heterocycles. The zero-order valence-corrected chi connectivity index (χ0v) is 16.3.